The van der Waals surface area contributed by atoms with E-state index in [1.807, 2.05) is 11.8 Å². The highest BCUT2D eigenvalue weighted by molar-refractivity contribution is 5.74. The van der Waals surface area contributed by atoms with Crippen LogP contribution in [-0.4, -0.2) is 44.7 Å². The number of hydrogen-bond acceptors (Lipinski definition) is 4. The van der Waals surface area contributed by atoms with Gasteiger partial charge >= 0.3 is 6.18 Å². The number of carbonyl (C=O) groups excluding carboxylic acids is 1. The first-order valence-corrected chi connectivity index (χ1v) is 7.48. The van der Waals surface area contributed by atoms with Crippen molar-refractivity contribution in [3.63, 3.8) is 0 Å². The SMILES string of the molecule is C[C@H](CCN1CCn2cc(C(F)(F)F)nc2C1)[C@@H](O)CC(N)=O. The van der Waals surface area contributed by atoms with Crippen LogP contribution >= 0.6 is 0 Å². The van der Waals surface area contributed by atoms with Gasteiger partial charge in [-0.15, -0.1) is 0 Å². The number of primary amides is 1. The third-order valence-electron chi connectivity index (χ3n) is 4.14. The average molecular weight is 334 g/mol. The molecular formula is C14H21F3N4O2. The monoisotopic (exact) mass is 334 g/mol. The van der Waals surface area contributed by atoms with Gasteiger partial charge in [0.2, 0.25) is 5.91 Å². The number of aliphatic hydroxyl groups is 1. The van der Waals surface area contributed by atoms with E-state index in [0.717, 1.165) is 6.20 Å². The number of amides is 1. The molecule has 9 heteroatoms. The Labute approximate surface area is 132 Å². The van der Waals surface area contributed by atoms with Crippen LogP contribution in [0, 0.1) is 5.92 Å². The lowest BCUT2D eigenvalue weighted by Gasteiger charge is -2.29. The van der Waals surface area contributed by atoms with Crippen molar-refractivity contribution >= 4 is 5.91 Å². The van der Waals surface area contributed by atoms with E-state index >= 15 is 0 Å². The molecule has 3 N–H and O–H groups in total. The van der Waals surface area contributed by atoms with Gasteiger partial charge in [0, 0.05) is 19.3 Å². The van der Waals surface area contributed by atoms with Crippen molar-refractivity contribution in [2.75, 3.05) is 13.1 Å². The van der Waals surface area contributed by atoms with Gasteiger partial charge in [-0.3, -0.25) is 9.69 Å². The van der Waals surface area contributed by atoms with E-state index in [0.29, 0.717) is 38.4 Å². The van der Waals surface area contributed by atoms with Crippen LogP contribution in [0.2, 0.25) is 0 Å². The Kier molecular flexibility index (Phi) is 5.30. The molecule has 2 atom stereocenters. The molecule has 2 rings (SSSR count). The number of aromatic nitrogens is 2. The van der Waals surface area contributed by atoms with Gasteiger partial charge < -0.3 is 15.4 Å². The van der Waals surface area contributed by atoms with Gasteiger partial charge in [0.1, 0.15) is 5.82 Å². The zero-order chi connectivity index (χ0) is 17.2. The molecule has 130 valence electrons. The standard InChI is InChI=1S/C14H21F3N4O2/c1-9(10(22)6-12(18)23)2-3-20-4-5-21-7-11(14(15,16)17)19-13(21)8-20/h7,9-10,22H,2-6,8H2,1H3,(H2,18,23)/t9-,10+/m1/s1. The van der Waals surface area contributed by atoms with Gasteiger partial charge in [-0.05, 0) is 18.9 Å². The molecule has 0 unspecified atom stereocenters. The van der Waals surface area contributed by atoms with Gasteiger partial charge in [-0.25, -0.2) is 4.98 Å². The van der Waals surface area contributed by atoms with Crippen molar-refractivity contribution in [1.82, 2.24) is 14.5 Å². The smallest absolute Gasteiger partial charge is 0.392 e. The summed E-state index contributed by atoms with van der Waals surface area (Å²) < 4.78 is 39.5. The van der Waals surface area contributed by atoms with Crippen LogP contribution in [0.15, 0.2) is 6.20 Å². The van der Waals surface area contributed by atoms with Gasteiger partial charge in [-0.2, -0.15) is 13.2 Å². The molecule has 0 aromatic carbocycles. The Balaban J connectivity index is 1.88. The largest absolute Gasteiger partial charge is 0.434 e. The molecule has 0 saturated heterocycles. The molecule has 1 amide bonds. The Morgan fingerprint density at radius 2 is 2.17 bits per heavy atom. The number of nitrogens with zero attached hydrogens (tertiary/aromatic N) is 3. The van der Waals surface area contributed by atoms with Crippen LogP contribution < -0.4 is 5.73 Å². The first kappa shape index (κ1) is 17.7. The van der Waals surface area contributed by atoms with Crippen LogP contribution in [0.1, 0.15) is 31.3 Å². The molecule has 6 nitrogen and oxygen atoms in total. The van der Waals surface area contributed by atoms with Crippen molar-refractivity contribution in [2.24, 2.45) is 11.7 Å². The average Bonchev–Trinajstić information content (AvgIpc) is 2.87. The van der Waals surface area contributed by atoms with E-state index in [1.165, 1.54) is 4.57 Å². The molecule has 23 heavy (non-hydrogen) atoms. The summed E-state index contributed by atoms with van der Waals surface area (Å²) in [6, 6.07) is 0. The van der Waals surface area contributed by atoms with Crippen LogP contribution in [0.5, 0.6) is 0 Å². The molecule has 1 aromatic heterocycles. The van der Waals surface area contributed by atoms with Crippen molar-refractivity contribution < 1.29 is 23.1 Å². The molecule has 0 bridgehead atoms. The van der Waals surface area contributed by atoms with Crippen molar-refractivity contribution in [1.29, 1.82) is 0 Å². The molecule has 0 aliphatic carbocycles. The quantitative estimate of drug-likeness (QED) is 0.812. The molecule has 0 spiro atoms. The van der Waals surface area contributed by atoms with Gasteiger partial charge in [0.15, 0.2) is 5.69 Å². The highest BCUT2D eigenvalue weighted by Crippen LogP contribution is 2.29. The highest BCUT2D eigenvalue weighted by Gasteiger charge is 2.35. The lowest BCUT2D eigenvalue weighted by molar-refractivity contribution is -0.141. The van der Waals surface area contributed by atoms with E-state index in [-0.39, 0.29) is 12.3 Å². The highest BCUT2D eigenvalue weighted by atomic mass is 19.4. The Hall–Kier alpha value is -1.61. The number of fused-ring (bicyclic) bond motifs is 1. The maximum atomic E-state index is 12.7. The van der Waals surface area contributed by atoms with Crippen molar-refractivity contribution in [3.8, 4) is 0 Å². The minimum absolute atomic E-state index is 0.0828. The summed E-state index contributed by atoms with van der Waals surface area (Å²) in [5, 5.41) is 9.81. The van der Waals surface area contributed by atoms with Crippen LogP contribution in [0.4, 0.5) is 13.2 Å². The summed E-state index contributed by atoms with van der Waals surface area (Å²) >= 11 is 0. The van der Waals surface area contributed by atoms with Crippen molar-refractivity contribution in [3.05, 3.63) is 17.7 Å². The molecular weight excluding hydrogens is 313 g/mol. The summed E-state index contributed by atoms with van der Waals surface area (Å²) in [4.78, 5) is 16.4. The minimum atomic E-state index is -4.43. The maximum absolute atomic E-state index is 12.7. The van der Waals surface area contributed by atoms with Crippen LogP contribution in [0.25, 0.3) is 0 Å². The predicted octanol–water partition coefficient (Wildman–Crippen LogP) is 0.980. The van der Waals surface area contributed by atoms with Crippen LogP contribution in [0.3, 0.4) is 0 Å². The molecule has 1 aliphatic heterocycles. The fourth-order valence-electron chi connectivity index (χ4n) is 2.62. The summed E-state index contributed by atoms with van der Waals surface area (Å²) in [6.45, 7) is 3.86. The third-order valence-corrected chi connectivity index (χ3v) is 4.14. The van der Waals surface area contributed by atoms with E-state index in [1.54, 1.807) is 0 Å². The third kappa shape index (κ3) is 4.68. The summed E-state index contributed by atoms with van der Waals surface area (Å²) in [6.07, 6.45) is -3.63. The zero-order valence-corrected chi connectivity index (χ0v) is 12.9. The zero-order valence-electron chi connectivity index (χ0n) is 12.9. The van der Waals surface area contributed by atoms with Gasteiger partial charge in [0.05, 0.1) is 19.1 Å². The van der Waals surface area contributed by atoms with E-state index < -0.39 is 23.9 Å². The second-order valence-corrected chi connectivity index (χ2v) is 6.01. The number of alkyl halides is 3. The Morgan fingerprint density at radius 1 is 1.48 bits per heavy atom. The summed E-state index contributed by atoms with van der Waals surface area (Å²) in [5.74, 6) is -0.271. The van der Waals surface area contributed by atoms with Crippen molar-refractivity contribution in [2.45, 2.75) is 45.1 Å². The second kappa shape index (κ2) is 6.88. The lowest BCUT2D eigenvalue weighted by atomic mass is 9.98. The number of aliphatic hydroxyl groups excluding tert-OH is 1. The van der Waals surface area contributed by atoms with E-state index in [4.69, 9.17) is 5.73 Å². The Bertz CT molecular complexity index is 559. The number of halogens is 3. The number of carbonyl (C=O) groups is 1. The lowest BCUT2D eigenvalue weighted by Crippen LogP contribution is -2.36. The number of imidazole rings is 1. The predicted molar refractivity (Wildman–Crippen MR) is 76.1 cm³/mol. The topological polar surface area (TPSA) is 84.4 Å². The van der Waals surface area contributed by atoms with E-state index in [9.17, 15) is 23.1 Å². The molecule has 0 saturated carbocycles. The summed E-state index contributed by atoms with van der Waals surface area (Å²) in [5.41, 5.74) is 4.19. The fourth-order valence-corrected chi connectivity index (χ4v) is 2.62. The number of hydrogen-bond donors (Lipinski definition) is 2. The number of rotatable bonds is 6. The van der Waals surface area contributed by atoms with Gasteiger partial charge in [0.25, 0.3) is 0 Å². The van der Waals surface area contributed by atoms with Crippen LogP contribution in [-0.2, 0) is 24.1 Å². The molecule has 0 fully saturated rings. The Morgan fingerprint density at radius 3 is 2.78 bits per heavy atom. The fraction of sp³-hybridized carbons (Fsp3) is 0.714. The normalized spacial score (nSPS) is 18.5. The first-order chi connectivity index (χ1) is 10.7. The first-order valence-electron chi connectivity index (χ1n) is 7.48. The summed E-state index contributed by atoms with van der Waals surface area (Å²) in [7, 11) is 0. The maximum Gasteiger partial charge on any atom is 0.434 e. The molecule has 1 aromatic rings. The molecule has 0 radical (unpaired) electrons. The minimum Gasteiger partial charge on any atom is -0.392 e. The second-order valence-electron chi connectivity index (χ2n) is 6.01. The molecule has 2 heterocycles. The molecule has 1 aliphatic rings. The van der Waals surface area contributed by atoms with Gasteiger partial charge in [-0.1, -0.05) is 6.92 Å². The van der Waals surface area contributed by atoms with E-state index in [2.05, 4.69) is 4.98 Å². The number of nitrogens with two attached hydrogens (primary N) is 1.